The van der Waals surface area contributed by atoms with Crippen LogP contribution in [0, 0.1) is 0 Å². The van der Waals surface area contributed by atoms with Crippen molar-refractivity contribution < 1.29 is 14.6 Å². The van der Waals surface area contributed by atoms with E-state index < -0.39 is 5.97 Å². The highest BCUT2D eigenvalue weighted by atomic mass is 35.5. The van der Waals surface area contributed by atoms with Crippen LogP contribution in [0.5, 0.6) is 5.75 Å². The Bertz CT molecular complexity index is 611. The number of para-hydroxylation sites is 1. The number of ether oxygens (including phenoxy) is 1. The maximum atomic E-state index is 11.0. The van der Waals surface area contributed by atoms with Gasteiger partial charge in [-0.1, -0.05) is 35.3 Å². The largest absolute Gasteiger partial charge is 0.488 e. The highest BCUT2D eigenvalue weighted by Crippen LogP contribution is 2.24. The first kappa shape index (κ1) is 13.7. The maximum Gasteiger partial charge on any atom is 0.339 e. The normalized spacial score (nSPS) is 10.2. The van der Waals surface area contributed by atoms with E-state index in [2.05, 4.69) is 0 Å². The highest BCUT2D eigenvalue weighted by molar-refractivity contribution is 6.33. The Morgan fingerprint density at radius 1 is 1.16 bits per heavy atom. The fourth-order valence-corrected chi connectivity index (χ4v) is 1.95. The van der Waals surface area contributed by atoms with Crippen LogP contribution in [0.15, 0.2) is 42.5 Å². The van der Waals surface area contributed by atoms with Gasteiger partial charge < -0.3 is 9.84 Å². The lowest BCUT2D eigenvalue weighted by atomic mass is 10.2. The van der Waals surface area contributed by atoms with Gasteiger partial charge in [0, 0.05) is 15.6 Å². The van der Waals surface area contributed by atoms with Crippen molar-refractivity contribution in [2.24, 2.45) is 0 Å². The first-order valence-electron chi connectivity index (χ1n) is 5.47. The smallest absolute Gasteiger partial charge is 0.339 e. The first-order valence-corrected chi connectivity index (χ1v) is 6.22. The molecule has 0 aliphatic rings. The van der Waals surface area contributed by atoms with E-state index in [0.717, 1.165) is 0 Å². The van der Waals surface area contributed by atoms with E-state index in [1.54, 1.807) is 36.4 Å². The average Bonchev–Trinajstić information content (AvgIpc) is 2.40. The number of carboxylic acid groups (broad SMARTS) is 1. The van der Waals surface area contributed by atoms with Gasteiger partial charge in [-0.25, -0.2) is 4.79 Å². The lowest BCUT2D eigenvalue weighted by Gasteiger charge is -2.10. The molecule has 3 nitrogen and oxygen atoms in total. The predicted molar refractivity (Wildman–Crippen MR) is 74.2 cm³/mol. The molecule has 0 fully saturated rings. The number of aromatic carboxylic acids is 1. The predicted octanol–water partition coefficient (Wildman–Crippen LogP) is 4.27. The quantitative estimate of drug-likeness (QED) is 0.916. The summed E-state index contributed by atoms with van der Waals surface area (Å²) >= 11 is 11.9. The van der Waals surface area contributed by atoms with Gasteiger partial charge in [0.05, 0.1) is 0 Å². The van der Waals surface area contributed by atoms with Crippen molar-refractivity contribution in [2.75, 3.05) is 0 Å². The average molecular weight is 297 g/mol. The lowest BCUT2D eigenvalue weighted by Crippen LogP contribution is -2.03. The number of carbonyl (C=O) groups is 1. The van der Waals surface area contributed by atoms with Gasteiger partial charge in [0.15, 0.2) is 0 Å². The summed E-state index contributed by atoms with van der Waals surface area (Å²) in [7, 11) is 0. The Kier molecular flexibility index (Phi) is 4.30. The molecule has 0 spiro atoms. The molecule has 0 aliphatic heterocycles. The molecule has 0 bridgehead atoms. The second-order valence-electron chi connectivity index (χ2n) is 3.83. The molecule has 0 aliphatic carbocycles. The molecule has 1 N–H and O–H groups in total. The molecule has 0 amide bonds. The van der Waals surface area contributed by atoms with Gasteiger partial charge in [-0.3, -0.25) is 0 Å². The minimum absolute atomic E-state index is 0.112. The minimum atomic E-state index is -1.03. The van der Waals surface area contributed by atoms with Crippen molar-refractivity contribution in [1.29, 1.82) is 0 Å². The van der Waals surface area contributed by atoms with Crippen LogP contribution < -0.4 is 4.74 Å². The molecule has 19 heavy (non-hydrogen) atoms. The summed E-state index contributed by atoms with van der Waals surface area (Å²) in [5.74, 6) is -0.737. The number of hydrogen-bond donors (Lipinski definition) is 1. The molecule has 2 aromatic carbocycles. The van der Waals surface area contributed by atoms with Gasteiger partial charge in [-0.2, -0.15) is 0 Å². The molecule has 0 radical (unpaired) electrons. The number of halogens is 2. The molecule has 0 unspecified atom stereocenters. The Hall–Kier alpha value is -1.71. The summed E-state index contributed by atoms with van der Waals surface area (Å²) in [5.41, 5.74) is 0.815. The van der Waals surface area contributed by atoms with E-state index in [9.17, 15) is 4.79 Å². The zero-order valence-corrected chi connectivity index (χ0v) is 11.3. The zero-order valence-electron chi connectivity index (χ0n) is 9.77. The minimum Gasteiger partial charge on any atom is -0.488 e. The van der Waals surface area contributed by atoms with Crippen molar-refractivity contribution in [2.45, 2.75) is 6.61 Å². The summed E-state index contributed by atoms with van der Waals surface area (Å²) in [6.45, 7) is 0.156. The van der Waals surface area contributed by atoms with Crippen molar-refractivity contribution in [3.8, 4) is 5.75 Å². The van der Waals surface area contributed by atoms with Crippen molar-refractivity contribution >= 4 is 29.2 Å². The summed E-state index contributed by atoms with van der Waals surface area (Å²) < 4.78 is 5.50. The molecule has 5 heteroatoms. The Labute approximate surface area is 120 Å². The van der Waals surface area contributed by atoms with Gasteiger partial charge in [-0.05, 0) is 30.3 Å². The maximum absolute atomic E-state index is 11.0. The van der Waals surface area contributed by atoms with Crippen LogP contribution in [0.3, 0.4) is 0 Å². The highest BCUT2D eigenvalue weighted by Gasteiger charge is 2.11. The second kappa shape index (κ2) is 5.95. The third-order valence-corrected chi connectivity index (χ3v) is 3.11. The lowest BCUT2D eigenvalue weighted by molar-refractivity contribution is 0.0692. The van der Waals surface area contributed by atoms with Crippen LogP contribution in [-0.4, -0.2) is 11.1 Å². The molecule has 2 aromatic rings. The third-order valence-electron chi connectivity index (χ3n) is 2.51. The molecular formula is C14H10Cl2O3. The molecule has 0 saturated carbocycles. The Morgan fingerprint density at radius 3 is 2.63 bits per heavy atom. The van der Waals surface area contributed by atoms with E-state index in [1.165, 1.54) is 6.07 Å². The van der Waals surface area contributed by atoms with Crippen molar-refractivity contribution in [3.05, 3.63) is 63.6 Å². The summed E-state index contributed by atoms with van der Waals surface area (Å²) in [6, 6.07) is 11.5. The van der Waals surface area contributed by atoms with E-state index in [1.807, 2.05) is 0 Å². The van der Waals surface area contributed by atoms with E-state index >= 15 is 0 Å². The van der Waals surface area contributed by atoms with Crippen LogP contribution in [0.25, 0.3) is 0 Å². The topological polar surface area (TPSA) is 46.5 Å². The summed E-state index contributed by atoms with van der Waals surface area (Å²) in [6.07, 6.45) is 0. The summed E-state index contributed by atoms with van der Waals surface area (Å²) in [5, 5.41) is 10.1. The SMILES string of the molecule is O=C(O)c1ccccc1OCc1cc(Cl)ccc1Cl. The molecule has 0 aromatic heterocycles. The van der Waals surface area contributed by atoms with Gasteiger partial charge >= 0.3 is 5.97 Å². The monoisotopic (exact) mass is 296 g/mol. The molecule has 0 saturated heterocycles. The molecule has 0 atom stereocenters. The summed E-state index contributed by atoms with van der Waals surface area (Å²) in [4.78, 5) is 11.0. The number of rotatable bonds is 4. The van der Waals surface area contributed by atoms with Gasteiger partial charge in [-0.15, -0.1) is 0 Å². The van der Waals surface area contributed by atoms with Gasteiger partial charge in [0.2, 0.25) is 0 Å². The zero-order chi connectivity index (χ0) is 13.8. The van der Waals surface area contributed by atoms with Crippen LogP contribution in [0.4, 0.5) is 0 Å². The Morgan fingerprint density at radius 2 is 1.89 bits per heavy atom. The van der Waals surface area contributed by atoms with Crippen LogP contribution in [-0.2, 0) is 6.61 Å². The van der Waals surface area contributed by atoms with Crippen LogP contribution >= 0.6 is 23.2 Å². The van der Waals surface area contributed by atoms with Crippen molar-refractivity contribution in [3.63, 3.8) is 0 Å². The number of benzene rings is 2. The van der Waals surface area contributed by atoms with Gasteiger partial charge in [0.25, 0.3) is 0 Å². The number of carboxylic acids is 1. The van der Waals surface area contributed by atoms with E-state index in [-0.39, 0.29) is 12.2 Å². The second-order valence-corrected chi connectivity index (χ2v) is 4.67. The molecule has 0 heterocycles. The molecular weight excluding hydrogens is 287 g/mol. The first-order chi connectivity index (χ1) is 9.08. The number of hydrogen-bond acceptors (Lipinski definition) is 2. The van der Waals surface area contributed by atoms with Crippen LogP contribution in [0.2, 0.25) is 10.0 Å². The third kappa shape index (κ3) is 3.40. The van der Waals surface area contributed by atoms with E-state index in [0.29, 0.717) is 21.4 Å². The fraction of sp³-hybridized carbons (Fsp3) is 0.0714. The molecule has 2 rings (SSSR count). The van der Waals surface area contributed by atoms with Crippen molar-refractivity contribution in [1.82, 2.24) is 0 Å². The van der Waals surface area contributed by atoms with Crippen LogP contribution in [0.1, 0.15) is 15.9 Å². The Balaban J connectivity index is 2.19. The molecule has 98 valence electrons. The van der Waals surface area contributed by atoms with E-state index in [4.69, 9.17) is 33.0 Å². The fourth-order valence-electron chi connectivity index (χ4n) is 1.58. The standard InChI is InChI=1S/C14H10Cl2O3/c15-10-5-6-12(16)9(7-10)8-19-13-4-2-1-3-11(13)14(17)18/h1-7H,8H2,(H,17,18). The van der Waals surface area contributed by atoms with Gasteiger partial charge in [0.1, 0.15) is 17.9 Å².